The predicted molar refractivity (Wildman–Crippen MR) is 70.0 cm³/mol. The Morgan fingerprint density at radius 1 is 1.38 bits per heavy atom. The maximum atomic E-state index is 7.37. The van der Waals surface area contributed by atoms with E-state index in [0.29, 0.717) is 5.56 Å². The summed E-state index contributed by atoms with van der Waals surface area (Å²) in [5.41, 5.74) is 7.01. The number of nitrogen functional groups attached to an aromatic ring is 1. The molecule has 0 aliphatic carbocycles. The van der Waals surface area contributed by atoms with Crippen LogP contribution in [0.5, 0.6) is 0 Å². The van der Waals surface area contributed by atoms with Crippen molar-refractivity contribution >= 4 is 37.7 Å². The number of amidine groups is 1. The number of halogens is 2. The largest absolute Gasteiger partial charge is 0.384 e. The maximum absolute atomic E-state index is 7.37. The zero-order chi connectivity index (χ0) is 11.7. The quantitative estimate of drug-likeness (QED) is 0.650. The molecule has 0 radical (unpaired) electrons. The summed E-state index contributed by atoms with van der Waals surface area (Å²) in [5.74, 6) is 0.0417. The third kappa shape index (κ3) is 2.17. The molecule has 4 nitrogen and oxygen atoms in total. The molecular formula is C10H8Br2N4. The molecule has 0 aliphatic rings. The molecule has 0 bridgehead atoms. The first-order valence-electron chi connectivity index (χ1n) is 4.42. The molecule has 0 amide bonds. The van der Waals surface area contributed by atoms with E-state index in [9.17, 15) is 0 Å². The maximum Gasteiger partial charge on any atom is 0.123 e. The third-order valence-electron chi connectivity index (χ3n) is 2.06. The molecule has 1 aromatic heterocycles. The highest BCUT2D eigenvalue weighted by atomic mass is 79.9. The molecule has 0 saturated carbocycles. The van der Waals surface area contributed by atoms with Crippen LogP contribution in [0.15, 0.2) is 39.5 Å². The average Bonchev–Trinajstić information content (AvgIpc) is 2.64. The van der Waals surface area contributed by atoms with E-state index in [2.05, 4.69) is 37.0 Å². The van der Waals surface area contributed by atoms with Gasteiger partial charge in [-0.15, -0.1) is 0 Å². The molecule has 3 N–H and O–H groups in total. The predicted octanol–water partition coefficient (Wildman–Crippen LogP) is 2.68. The molecule has 82 valence electrons. The number of hydrogen-bond acceptors (Lipinski definition) is 2. The lowest BCUT2D eigenvalue weighted by molar-refractivity contribution is 0.879. The fourth-order valence-corrected chi connectivity index (χ4v) is 2.17. The van der Waals surface area contributed by atoms with Crippen LogP contribution in [0.2, 0.25) is 0 Å². The fourth-order valence-electron chi connectivity index (χ4n) is 1.31. The molecule has 2 rings (SSSR count). The van der Waals surface area contributed by atoms with Crippen LogP contribution >= 0.6 is 31.9 Å². The highest BCUT2D eigenvalue weighted by Gasteiger charge is 2.05. The minimum absolute atomic E-state index is 0.0417. The average molecular weight is 344 g/mol. The van der Waals surface area contributed by atoms with Gasteiger partial charge in [-0.25, -0.2) is 4.68 Å². The Kier molecular flexibility index (Phi) is 3.11. The number of hydrogen-bond donors (Lipinski definition) is 2. The summed E-state index contributed by atoms with van der Waals surface area (Å²) in [7, 11) is 0. The van der Waals surface area contributed by atoms with Crippen LogP contribution in [0.4, 0.5) is 0 Å². The zero-order valence-corrected chi connectivity index (χ0v) is 11.3. The molecule has 6 heteroatoms. The molecule has 2 aromatic rings. The van der Waals surface area contributed by atoms with Crippen LogP contribution in [-0.4, -0.2) is 15.6 Å². The summed E-state index contributed by atoms with van der Waals surface area (Å²) in [6.45, 7) is 0. The first kappa shape index (κ1) is 11.3. The minimum Gasteiger partial charge on any atom is -0.384 e. The lowest BCUT2D eigenvalue weighted by Crippen LogP contribution is -2.12. The highest BCUT2D eigenvalue weighted by Crippen LogP contribution is 2.21. The Hall–Kier alpha value is -1.14. The number of nitrogens with one attached hydrogen (secondary N) is 1. The zero-order valence-electron chi connectivity index (χ0n) is 8.11. The number of rotatable bonds is 2. The van der Waals surface area contributed by atoms with Crippen molar-refractivity contribution in [3.05, 3.63) is 45.1 Å². The van der Waals surface area contributed by atoms with Gasteiger partial charge in [0.05, 0.1) is 16.4 Å². The van der Waals surface area contributed by atoms with Gasteiger partial charge in [-0.3, -0.25) is 5.41 Å². The molecule has 1 heterocycles. The molecule has 16 heavy (non-hydrogen) atoms. The second kappa shape index (κ2) is 4.39. The molecule has 0 unspecified atom stereocenters. The smallest absolute Gasteiger partial charge is 0.123 e. The van der Waals surface area contributed by atoms with Crippen molar-refractivity contribution in [1.29, 1.82) is 5.41 Å². The summed E-state index contributed by atoms with van der Waals surface area (Å²) < 4.78 is 3.43. The van der Waals surface area contributed by atoms with E-state index in [1.165, 1.54) is 0 Å². The number of nitrogens with two attached hydrogens (primary N) is 1. The molecule has 0 spiro atoms. The van der Waals surface area contributed by atoms with Gasteiger partial charge in [-0.2, -0.15) is 5.10 Å². The Bertz CT molecular complexity index is 548. The van der Waals surface area contributed by atoms with Crippen molar-refractivity contribution in [2.75, 3.05) is 0 Å². The lowest BCUT2D eigenvalue weighted by Gasteiger charge is -2.05. The van der Waals surface area contributed by atoms with Gasteiger partial charge >= 0.3 is 0 Å². The van der Waals surface area contributed by atoms with E-state index in [0.717, 1.165) is 14.6 Å². The molecule has 0 aliphatic heterocycles. The Balaban J connectivity index is 2.45. The normalized spacial score (nSPS) is 10.4. The van der Waals surface area contributed by atoms with Crippen molar-refractivity contribution in [3.8, 4) is 5.69 Å². The monoisotopic (exact) mass is 342 g/mol. The van der Waals surface area contributed by atoms with Crippen LogP contribution in [0, 0.1) is 5.41 Å². The van der Waals surface area contributed by atoms with E-state index in [-0.39, 0.29) is 5.84 Å². The number of nitrogens with zero attached hydrogens (tertiary/aromatic N) is 2. The van der Waals surface area contributed by atoms with E-state index < -0.39 is 0 Å². The van der Waals surface area contributed by atoms with Crippen molar-refractivity contribution < 1.29 is 0 Å². The van der Waals surface area contributed by atoms with Crippen LogP contribution in [0.1, 0.15) is 5.56 Å². The van der Waals surface area contributed by atoms with Gasteiger partial charge in [0.15, 0.2) is 0 Å². The highest BCUT2D eigenvalue weighted by molar-refractivity contribution is 9.10. The SMILES string of the molecule is N=C(N)c1ccc(-n2cc(Br)cn2)cc1Br. The molecule has 0 atom stereocenters. The van der Waals surface area contributed by atoms with E-state index in [1.807, 2.05) is 18.3 Å². The van der Waals surface area contributed by atoms with Gasteiger partial charge in [-0.05, 0) is 50.1 Å². The van der Waals surface area contributed by atoms with E-state index in [4.69, 9.17) is 11.1 Å². The summed E-state index contributed by atoms with van der Waals surface area (Å²) >= 11 is 6.71. The standard InChI is InChI=1S/C10H8Br2N4/c11-6-4-15-16(5-6)7-1-2-8(10(13)14)9(12)3-7/h1-5H,(H3,13,14). The van der Waals surface area contributed by atoms with Crippen molar-refractivity contribution in [1.82, 2.24) is 9.78 Å². The van der Waals surface area contributed by atoms with Crippen LogP contribution in [-0.2, 0) is 0 Å². The topological polar surface area (TPSA) is 67.7 Å². The number of benzene rings is 1. The fraction of sp³-hybridized carbons (Fsp3) is 0. The molecular weight excluding hydrogens is 336 g/mol. The van der Waals surface area contributed by atoms with Crippen LogP contribution < -0.4 is 5.73 Å². The summed E-state index contributed by atoms with van der Waals surface area (Å²) in [6, 6.07) is 5.52. The Morgan fingerprint density at radius 3 is 2.62 bits per heavy atom. The van der Waals surface area contributed by atoms with Crippen LogP contribution in [0.3, 0.4) is 0 Å². The Morgan fingerprint density at radius 2 is 2.12 bits per heavy atom. The molecule has 0 fully saturated rings. The van der Waals surface area contributed by atoms with Crippen molar-refractivity contribution in [3.63, 3.8) is 0 Å². The van der Waals surface area contributed by atoms with Gasteiger partial charge in [0.1, 0.15) is 5.84 Å². The second-order valence-corrected chi connectivity index (χ2v) is 4.95. The summed E-state index contributed by atoms with van der Waals surface area (Å²) in [6.07, 6.45) is 3.57. The first-order valence-corrected chi connectivity index (χ1v) is 6.01. The number of aromatic nitrogens is 2. The molecule has 1 aromatic carbocycles. The van der Waals surface area contributed by atoms with Gasteiger partial charge in [0.2, 0.25) is 0 Å². The van der Waals surface area contributed by atoms with Gasteiger partial charge in [0.25, 0.3) is 0 Å². The van der Waals surface area contributed by atoms with Crippen molar-refractivity contribution in [2.45, 2.75) is 0 Å². The summed E-state index contributed by atoms with van der Waals surface area (Å²) in [5, 5.41) is 11.5. The summed E-state index contributed by atoms with van der Waals surface area (Å²) in [4.78, 5) is 0. The second-order valence-electron chi connectivity index (χ2n) is 3.18. The molecule has 0 saturated heterocycles. The minimum atomic E-state index is 0.0417. The van der Waals surface area contributed by atoms with Crippen molar-refractivity contribution in [2.24, 2.45) is 5.73 Å². The van der Waals surface area contributed by atoms with E-state index >= 15 is 0 Å². The van der Waals surface area contributed by atoms with Gasteiger partial charge in [0, 0.05) is 16.2 Å². The van der Waals surface area contributed by atoms with Crippen LogP contribution in [0.25, 0.3) is 5.69 Å². The van der Waals surface area contributed by atoms with Gasteiger partial charge < -0.3 is 5.73 Å². The van der Waals surface area contributed by atoms with E-state index in [1.54, 1.807) is 16.9 Å². The first-order chi connectivity index (χ1) is 7.58. The third-order valence-corrected chi connectivity index (χ3v) is 3.12. The van der Waals surface area contributed by atoms with Gasteiger partial charge in [-0.1, -0.05) is 0 Å². The lowest BCUT2D eigenvalue weighted by atomic mass is 10.2. The Labute approximate surface area is 109 Å².